The van der Waals surface area contributed by atoms with Crippen LogP contribution in [0.15, 0.2) is 30.3 Å². The number of nitro groups is 1. The van der Waals surface area contributed by atoms with Crippen molar-refractivity contribution >= 4 is 22.1 Å². The average molecular weight is 260 g/mol. The minimum absolute atomic E-state index is 0.0311. The summed E-state index contributed by atoms with van der Waals surface area (Å²) in [5, 5.41) is 12.2. The molecule has 0 aliphatic carbocycles. The van der Waals surface area contributed by atoms with Gasteiger partial charge in [0.05, 0.1) is 10.3 Å². The van der Waals surface area contributed by atoms with E-state index in [2.05, 4.69) is 0 Å². The van der Waals surface area contributed by atoms with Gasteiger partial charge in [0.15, 0.2) is 0 Å². The Bertz CT molecular complexity index is 645. The Kier molecular flexibility index (Phi) is 3.06. The highest BCUT2D eigenvalue weighted by atomic mass is 16.6. The Morgan fingerprint density at radius 2 is 1.84 bits per heavy atom. The van der Waals surface area contributed by atoms with E-state index in [1.165, 1.54) is 6.07 Å². The monoisotopic (exact) mass is 260 g/mol. The zero-order valence-corrected chi connectivity index (χ0v) is 11.1. The van der Waals surface area contributed by atoms with Crippen molar-refractivity contribution in [3.05, 3.63) is 40.4 Å². The van der Waals surface area contributed by atoms with Gasteiger partial charge in [-0.05, 0) is 45.0 Å². The number of anilines is 1. The van der Waals surface area contributed by atoms with Crippen LogP contribution in [-0.2, 0) is 0 Å². The van der Waals surface area contributed by atoms with Gasteiger partial charge in [0.25, 0.3) is 5.69 Å². The molecule has 0 amide bonds. The zero-order chi connectivity index (χ0) is 14.2. The molecular formula is C14H16N2O3. The molecule has 0 radical (unpaired) electrons. The molecule has 2 rings (SSSR count). The highest BCUT2D eigenvalue weighted by molar-refractivity contribution is 5.99. The Morgan fingerprint density at radius 3 is 2.42 bits per heavy atom. The molecular weight excluding hydrogens is 244 g/mol. The number of hydrogen-bond acceptors (Lipinski definition) is 4. The van der Waals surface area contributed by atoms with Crippen molar-refractivity contribution in [3.63, 3.8) is 0 Å². The summed E-state index contributed by atoms with van der Waals surface area (Å²) < 4.78 is 5.72. The number of nitrogen functional groups attached to an aromatic ring is 1. The van der Waals surface area contributed by atoms with Crippen molar-refractivity contribution in [2.75, 3.05) is 5.73 Å². The van der Waals surface area contributed by atoms with E-state index in [1.807, 2.05) is 20.8 Å². The number of ether oxygens (including phenoxy) is 1. The number of hydrogen-bond donors (Lipinski definition) is 1. The lowest BCUT2D eigenvalue weighted by molar-refractivity contribution is -0.383. The van der Waals surface area contributed by atoms with Crippen molar-refractivity contribution in [2.45, 2.75) is 26.4 Å². The van der Waals surface area contributed by atoms with Gasteiger partial charge in [-0.25, -0.2) is 0 Å². The predicted molar refractivity (Wildman–Crippen MR) is 75.4 cm³/mol. The maximum Gasteiger partial charge on any atom is 0.277 e. The Hall–Kier alpha value is -2.30. The fourth-order valence-corrected chi connectivity index (χ4v) is 1.91. The standard InChI is InChI=1S/C14H16N2O3/c1-14(2,3)19-9-4-5-10-11(8-9)13(16(17)18)7-6-12(10)15/h4-8H,15H2,1-3H3. The first-order valence-corrected chi connectivity index (χ1v) is 5.93. The van der Waals surface area contributed by atoms with Crippen LogP contribution in [0.2, 0.25) is 0 Å². The second-order valence-electron chi connectivity index (χ2n) is 5.35. The molecule has 2 N–H and O–H groups in total. The summed E-state index contributed by atoms with van der Waals surface area (Å²) in [5.41, 5.74) is 6.03. The zero-order valence-electron chi connectivity index (χ0n) is 11.1. The maximum absolute atomic E-state index is 11.0. The summed E-state index contributed by atoms with van der Waals surface area (Å²) in [6.45, 7) is 5.76. The second-order valence-corrected chi connectivity index (χ2v) is 5.35. The maximum atomic E-state index is 11.0. The van der Waals surface area contributed by atoms with E-state index in [9.17, 15) is 10.1 Å². The van der Waals surface area contributed by atoms with Crippen molar-refractivity contribution in [1.29, 1.82) is 0 Å². The van der Waals surface area contributed by atoms with E-state index in [-0.39, 0.29) is 11.3 Å². The van der Waals surface area contributed by atoms with E-state index in [0.717, 1.165) is 0 Å². The molecule has 0 unspecified atom stereocenters. The Labute approximate surface area is 111 Å². The van der Waals surface area contributed by atoms with Gasteiger partial charge in [0.2, 0.25) is 0 Å². The number of nitrogens with zero attached hydrogens (tertiary/aromatic N) is 1. The van der Waals surface area contributed by atoms with E-state index >= 15 is 0 Å². The quantitative estimate of drug-likeness (QED) is 0.509. The van der Waals surface area contributed by atoms with Crippen molar-refractivity contribution in [2.24, 2.45) is 0 Å². The van der Waals surface area contributed by atoms with Crippen LogP contribution in [0.4, 0.5) is 11.4 Å². The van der Waals surface area contributed by atoms with Gasteiger partial charge in [-0.15, -0.1) is 0 Å². The molecule has 0 atom stereocenters. The molecule has 0 fully saturated rings. The third-order valence-electron chi connectivity index (χ3n) is 2.62. The lowest BCUT2D eigenvalue weighted by Gasteiger charge is -2.21. The normalized spacial score (nSPS) is 11.5. The minimum atomic E-state index is -0.414. The molecule has 19 heavy (non-hydrogen) atoms. The van der Waals surface area contributed by atoms with E-state index in [0.29, 0.717) is 22.2 Å². The average Bonchev–Trinajstić information content (AvgIpc) is 2.26. The van der Waals surface area contributed by atoms with Crippen LogP contribution in [0, 0.1) is 10.1 Å². The fourth-order valence-electron chi connectivity index (χ4n) is 1.91. The largest absolute Gasteiger partial charge is 0.488 e. The number of non-ortho nitro benzene ring substituents is 1. The molecule has 0 aromatic heterocycles. The first-order chi connectivity index (χ1) is 8.78. The van der Waals surface area contributed by atoms with Gasteiger partial charge in [-0.1, -0.05) is 0 Å². The Balaban J connectivity index is 2.63. The molecule has 0 heterocycles. The summed E-state index contributed by atoms with van der Waals surface area (Å²) in [4.78, 5) is 10.6. The molecule has 5 nitrogen and oxygen atoms in total. The number of rotatable bonds is 2. The molecule has 0 saturated heterocycles. The summed E-state index contributed by atoms with van der Waals surface area (Å²) in [6, 6.07) is 8.14. The summed E-state index contributed by atoms with van der Waals surface area (Å²) in [5.74, 6) is 0.591. The van der Waals surface area contributed by atoms with Gasteiger partial charge in [-0.3, -0.25) is 10.1 Å². The van der Waals surface area contributed by atoms with E-state index < -0.39 is 4.92 Å². The van der Waals surface area contributed by atoms with Crippen molar-refractivity contribution in [3.8, 4) is 5.75 Å². The molecule has 5 heteroatoms. The molecule has 2 aromatic carbocycles. The molecule has 0 aliphatic heterocycles. The highest BCUT2D eigenvalue weighted by Crippen LogP contribution is 2.33. The van der Waals surface area contributed by atoms with Crippen LogP contribution in [0.3, 0.4) is 0 Å². The molecule has 0 bridgehead atoms. The second kappa shape index (κ2) is 4.42. The van der Waals surface area contributed by atoms with Crippen LogP contribution in [0.1, 0.15) is 20.8 Å². The molecule has 0 spiro atoms. The summed E-state index contributed by atoms with van der Waals surface area (Å²) in [6.07, 6.45) is 0. The molecule has 2 aromatic rings. The topological polar surface area (TPSA) is 78.4 Å². The third-order valence-corrected chi connectivity index (χ3v) is 2.62. The molecule has 100 valence electrons. The van der Waals surface area contributed by atoms with Gasteiger partial charge in [0, 0.05) is 17.1 Å². The predicted octanol–water partition coefficient (Wildman–Crippen LogP) is 3.51. The van der Waals surface area contributed by atoms with Crippen LogP contribution in [-0.4, -0.2) is 10.5 Å². The smallest absolute Gasteiger partial charge is 0.277 e. The van der Waals surface area contributed by atoms with Gasteiger partial charge >= 0.3 is 0 Å². The first-order valence-electron chi connectivity index (χ1n) is 5.93. The Morgan fingerprint density at radius 1 is 1.16 bits per heavy atom. The minimum Gasteiger partial charge on any atom is -0.488 e. The fraction of sp³-hybridized carbons (Fsp3) is 0.286. The SMILES string of the molecule is CC(C)(C)Oc1ccc2c(N)ccc([N+](=O)[O-])c2c1. The van der Waals surface area contributed by atoms with Gasteiger partial charge < -0.3 is 10.5 Å². The van der Waals surface area contributed by atoms with E-state index in [1.54, 1.807) is 24.3 Å². The van der Waals surface area contributed by atoms with E-state index in [4.69, 9.17) is 10.5 Å². The number of benzene rings is 2. The summed E-state index contributed by atoms with van der Waals surface area (Å²) >= 11 is 0. The molecule has 0 aliphatic rings. The van der Waals surface area contributed by atoms with Crippen LogP contribution < -0.4 is 10.5 Å². The van der Waals surface area contributed by atoms with Crippen LogP contribution in [0.25, 0.3) is 10.8 Å². The van der Waals surface area contributed by atoms with Crippen molar-refractivity contribution < 1.29 is 9.66 Å². The van der Waals surface area contributed by atoms with Gasteiger partial charge in [0.1, 0.15) is 11.4 Å². The first kappa shape index (κ1) is 13.1. The molecule has 0 saturated carbocycles. The number of fused-ring (bicyclic) bond motifs is 1. The summed E-state index contributed by atoms with van der Waals surface area (Å²) in [7, 11) is 0. The number of nitro benzene ring substituents is 1. The highest BCUT2D eigenvalue weighted by Gasteiger charge is 2.16. The van der Waals surface area contributed by atoms with Crippen LogP contribution >= 0.6 is 0 Å². The van der Waals surface area contributed by atoms with Crippen LogP contribution in [0.5, 0.6) is 5.75 Å². The number of nitrogens with two attached hydrogens (primary N) is 1. The van der Waals surface area contributed by atoms with Gasteiger partial charge in [-0.2, -0.15) is 0 Å². The third kappa shape index (κ3) is 2.76. The lowest BCUT2D eigenvalue weighted by Crippen LogP contribution is -2.22. The van der Waals surface area contributed by atoms with Crippen molar-refractivity contribution in [1.82, 2.24) is 0 Å². The lowest BCUT2D eigenvalue weighted by atomic mass is 10.1.